The molecule has 0 saturated carbocycles. The maximum absolute atomic E-state index is 6.17. The monoisotopic (exact) mass is 246 g/mol. The van der Waals surface area contributed by atoms with Gasteiger partial charge in [-0.05, 0) is 13.8 Å². The van der Waals surface area contributed by atoms with E-state index in [-0.39, 0.29) is 22.3 Å². The fraction of sp³-hybridized carbons (Fsp3) is 1.00. The van der Waals surface area contributed by atoms with Gasteiger partial charge in [0.25, 0.3) is 5.97 Å². The maximum atomic E-state index is 6.17. The number of rotatable bonds is 6. The van der Waals surface area contributed by atoms with Crippen LogP contribution in [0.4, 0.5) is 0 Å². The third-order valence-electron chi connectivity index (χ3n) is 0. The van der Waals surface area contributed by atoms with Gasteiger partial charge in [0.05, 0.1) is 0 Å². The zero-order valence-electron chi connectivity index (χ0n) is 13.2. The molecule has 0 bridgehead atoms. The lowest BCUT2D eigenvalue weighted by molar-refractivity contribution is -0.297. The maximum Gasteiger partial charge on any atom is 0.272 e. The first-order valence-corrected chi connectivity index (χ1v) is 3.16. The van der Waals surface area contributed by atoms with Crippen molar-refractivity contribution in [2.45, 2.75) is 55.3 Å². The molecule has 0 radical (unpaired) electrons. The Balaban J connectivity index is -0.0000000393. The SMILES string of the molecule is C.C.C.[3H]OC(C)(O[3H])O[3H].[3H]OC(C)O[3H].[3H]OCC. The fourth-order valence-corrected chi connectivity index (χ4v) is 0. The summed E-state index contributed by atoms with van der Waals surface area (Å²) in [4.78, 5) is 0. The molecule has 0 aliphatic heterocycles. The molecule has 0 fully saturated rings. The number of hydrogen-bond acceptors (Lipinski definition) is 6. The van der Waals surface area contributed by atoms with E-state index >= 15 is 0 Å². The van der Waals surface area contributed by atoms with E-state index in [0.29, 0.717) is 6.61 Å². The van der Waals surface area contributed by atoms with Crippen molar-refractivity contribution in [3.8, 4) is 0 Å². The lowest BCUT2D eigenvalue weighted by Gasteiger charge is -2.01. The van der Waals surface area contributed by atoms with E-state index in [1.165, 1.54) is 6.92 Å². The normalized spacial score (nSPS) is 12.8. The van der Waals surface area contributed by atoms with Gasteiger partial charge in [0, 0.05) is 13.5 Å². The zero-order valence-corrected chi connectivity index (χ0v) is 7.23. The Kier molecular flexibility index (Phi) is 20.1. The summed E-state index contributed by atoms with van der Waals surface area (Å²) >= 11 is 0. The van der Waals surface area contributed by atoms with E-state index in [2.05, 4.69) is 30.7 Å². The molecule has 0 rings (SSSR count). The summed E-state index contributed by atoms with van der Waals surface area (Å²) in [5, 5.41) is 22.3. The molecule has 0 aromatic heterocycles. The highest BCUT2D eigenvalue weighted by Gasteiger charge is 2.03. The third kappa shape index (κ3) is 33000. The van der Waals surface area contributed by atoms with Crippen molar-refractivity contribution in [3.63, 3.8) is 0 Å². The lowest BCUT2D eigenvalue weighted by Crippen LogP contribution is -2.20. The zero-order chi connectivity index (χ0) is 15.0. The molecule has 0 saturated heterocycles. The molecule has 6 N–H and O–H groups in total. The van der Waals surface area contributed by atoms with Crippen molar-refractivity contribution in [1.29, 1.82) is 8.59 Å². The van der Waals surface area contributed by atoms with Crippen LogP contribution in [0.1, 0.15) is 43.1 Å². The standard InChI is InChI=1S/C2H6O3.C2H6O2.C2H6O.3CH4/c1-2(3,4)5;1-2(3)4;1-2-3;;;/h3-5H,1H3;2-4H,1H3;3H,2H2,1H3;3*1H4/i3T,4T,5T;3T,4T;3T;;;. The highest BCUT2D eigenvalue weighted by Crippen LogP contribution is 1.82. The molecule has 0 heterocycles. The summed E-state index contributed by atoms with van der Waals surface area (Å²) in [5.41, 5.74) is 0. The summed E-state index contributed by atoms with van der Waals surface area (Å²) in [7, 11) is 0. The molecule has 0 unspecified atom stereocenters. The number of hydrogen-bond donors (Lipinski definition) is 6. The van der Waals surface area contributed by atoms with Gasteiger partial charge in [-0.3, -0.25) is 0 Å². The Morgan fingerprint density at radius 2 is 1.47 bits per heavy atom. The van der Waals surface area contributed by atoms with Gasteiger partial charge in [0.2, 0.25) is 8.59 Å². The highest BCUT2D eigenvalue weighted by molar-refractivity contribution is 4.21. The van der Waals surface area contributed by atoms with Gasteiger partial charge in [-0.25, -0.2) is 0 Å². The Hall–Kier alpha value is -0.240. The van der Waals surface area contributed by atoms with Gasteiger partial charge >= 0.3 is 0 Å². The molecule has 0 amide bonds. The summed E-state index contributed by atoms with van der Waals surface area (Å²) in [6.45, 7) is 4.84. The summed E-state index contributed by atoms with van der Waals surface area (Å²) in [6, 6.07) is 0. The van der Waals surface area contributed by atoms with Crippen molar-refractivity contribution >= 4 is 0 Å². The second-order valence-corrected chi connectivity index (χ2v) is 1.72. The number of aliphatic hydroxyl groups is 6. The van der Waals surface area contributed by atoms with Crippen LogP contribution in [0.5, 0.6) is 0 Å². The van der Waals surface area contributed by atoms with Gasteiger partial charge in [0.15, 0.2) is 0 Å². The molecule has 0 aromatic rings. The van der Waals surface area contributed by atoms with Crippen LogP contribution in [-0.4, -0.2) is 58.1 Å². The molecule has 0 aromatic carbocycles. The smallest absolute Gasteiger partial charge is 0.272 e. The van der Waals surface area contributed by atoms with Crippen LogP contribution in [0.15, 0.2) is 0 Å². The molecular weight excluding hydrogens is 204 g/mol. The Morgan fingerprint density at radius 3 is 1.47 bits per heavy atom. The largest absolute Gasteiger partial charge is 0.397 e. The van der Waals surface area contributed by atoms with Gasteiger partial charge in [0.1, 0.15) is 6.29 Å². The number of aliphatic hydroxyl groups excluding tert-OH is 2. The summed E-state index contributed by atoms with van der Waals surface area (Å²) in [6.07, 6.45) is -0.731. The first-order valence-electron chi connectivity index (χ1n) is 5.61. The summed E-state index contributed by atoms with van der Waals surface area (Å²) in [5.74, 6) is -1.88. The molecular formula is C9H30O6. The predicted octanol–water partition coefficient (Wildman–Crippen LogP) is -0.139. The van der Waals surface area contributed by atoms with Crippen LogP contribution < -0.4 is 0 Å². The molecule has 6 heteroatoms. The molecule has 0 aliphatic carbocycles. The lowest BCUT2D eigenvalue weighted by atomic mass is 10.7. The van der Waals surface area contributed by atoms with Crippen LogP contribution in [0, 0.1) is 0 Å². The van der Waals surface area contributed by atoms with E-state index < -0.39 is 12.3 Å². The second kappa shape index (κ2) is 23.5. The summed E-state index contributed by atoms with van der Waals surface area (Å²) < 4.78 is 36.6. The van der Waals surface area contributed by atoms with Crippen molar-refractivity contribution in [2.24, 2.45) is 0 Å². The molecule has 0 spiro atoms. The van der Waals surface area contributed by atoms with Crippen molar-refractivity contribution in [2.75, 3.05) is 6.61 Å². The van der Waals surface area contributed by atoms with Crippen molar-refractivity contribution in [1.82, 2.24) is 0 Å². The quantitative estimate of drug-likeness (QED) is 0.363. The highest BCUT2D eigenvalue weighted by atomic mass is 16.7. The first kappa shape index (κ1) is 12.8. The average Bonchev–Trinajstić information content (AvgIpc) is 2.46. The van der Waals surface area contributed by atoms with Crippen molar-refractivity contribution in [3.05, 3.63) is 0 Å². The van der Waals surface area contributed by atoms with Gasteiger partial charge in [-0.15, -0.1) is 0 Å². The molecule has 102 valence electrons. The van der Waals surface area contributed by atoms with E-state index in [1.807, 2.05) is 0 Å². The Bertz CT molecular complexity index is 140. The molecule has 0 aliphatic rings. The minimum atomic E-state index is -1.88. The van der Waals surface area contributed by atoms with E-state index in [4.69, 9.17) is 8.59 Å². The fourth-order valence-electron chi connectivity index (χ4n) is 0. The van der Waals surface area contributed by atoms with Crippen LogP contribution in [0.3, 0.4) is 0 Å². The third-order valence-corrected chi connectivity index (χ3v) is 0. The van der Waals surface area contributed by atoms with Crippen LogP contribution in [-0.2, 0) is 0 Å². The minimum Gasteiger partial charge on any atom is -0.397 e. The minimum absolute atomic E-state index is 0. The van der Waals surface area contributed by atoms with E-state index in [9.17, 15) is 0 Å². The molecule has 6 nitrogen and oxygen atoms in total. The van der Waals surface area contributed by atoms with Gasteiger partial charge < -0.3 is 30.7 Å². The van der Waals surface area contributed by atoms with E-state index in [1.54, 1.807) is 6.92 Å². The Morgan fingerprint density at radius 1 is 1.13 bits per heavy atom. The van der Waals surface area contributed by atoms with Crippen molar-refractivity contribution < 1.29 is 30.7 Å². The predicted molar refractivity (Wildman–Crippen MR) is 61.9 cm³/mol. The van der Waals surface area contributed by atoms with Crippen LogP contribution in [0.25, 0.3) is 0 Å². The van der Waals surface area contributed by atoms with Crippen LogP contribution in [0.2, 0.25) is 0 Å². The topological polar surface area (TPSA) is 121 Å². The van der Waals surface area contributed by atoms with E-state index in [0.717, 1.165) is 6.92 Å². The van der Waals surface area contributed by atoms with Gasteiger partial charge in [-0.1, -0.05) is 22.3 Å². The molecule has 15 heavy (non-hydrogen) atoms. The second-order valence-electron chi connectivity index (χ2n) is 1.72. The van der Waals surface area contributed by atoms with Gasteiger partial charge in [-0.2, -0.15) is 0 Å². The van der Waals surface area contributed by atoms with Crippen LogP contribution >= 0.6 is 0 Å². The Labute approximate surface area is 102 Å². The average molecular weight is 246 g/mol. The molecule has 0 atom stereocenters. The first-order chi connectivity index (χ1) is 8.40.